The summed E-state index contributed by atoms with van der Waals surface area (Å²) in [5, 5.41) is 19.0. The molecule has 4 nitrogen and oxygen atoms in total. The van der Waals surface area contributed by atoms with Gasteiger partial charge in [-0.1, -0.05) is 33.8 Å². The third-order valence-corrected chi connectivity index (χ3v) is 3.66. The van der Waals surface area contributed by atoms with Crippen LogP contribution in [0.3, 0.4) is 0 Å². The van der Waals surface area contributed by atoms with E-state index in [-0.39, 0.29) is 11.5 Å². The molecule has 0 spiro atoms. The van der Waals surface area contributed by atoms with Crippen LogP contribution in [0.15, 0.2) is 10.5 Å². The van der Waals surface area contributed by atoms with Gasteiger partial charge >= 0.3 is 6.16 Å². The molecule has 1 rings (SSSR count). The van der Waals surface area contributed by atoms with Gasteiger partial charge in [0, 0.05) is 0 Å². The van der Waals surface area contributed by atoms with Crippen molar-refractivity contribution in [1.29, 1.82) is 0 Å². The van der Waals surface area contributed by atoms with E-state index in [9.17, 15) is 9.90 Å². The molecule has 112 valence electrons. The number of carboxylic acid groups (broad SMARTS) is 1. The highest BCUT2D eigenvalue weighted by atomic mass is 79.9. The lowest BCUT2D eigenvalue weighted by molar-refractivity contribution is 0.142. The van der Waals surface area contributed by atoms with E-state index in [1.54, 1.807) is 0 Å². The molecular weight excluding hydrogens is 324 g/mol. The van der Waals surface area contributed by atoms with E-state index in [1.165, 1.54) is 0 Å². The number of carbonyl (C=O) groups is 1. The average molecular weight is 345 g/mol. The van der Waals surface area contributed by atoms with Crippen LogP contribution in [0.2, 0.25) is 0 Å². The Kier molecular flexibility index (Phi) is 5.87. The first-order valence-corrected chi connectivity index (χ1v) is 7.45. The highest BCUT2D eigenvalue weighted by Crippen LogP contribution is 2.41. The van der Waals surface area contributed by atoms with E-state index < -0.39 is 6.16 Å². The predicted molar refractivity (Wildman–Crippen MR) is 81.5 cm³/mol. The molecular formula is C15H21BrO4. The second-order valence-electron chi connectivity index (χ2n) is 5.75. The van der Waals surface area contributed by atoms with Gasteiger partial charge in [-0.3, -0.25) is 0 Å². The maximum atomic E-state index is 10.8. The van der Waals surface area contributed by atoms with Crippen molar-refractivity contribution < 1.29 is 19.7 Å². The maximum Gasteiger partial charge on any atom is 0.511 e. The summed E-state index contributed by atoms with van der Waals surface area (Å²) < 4.78 is 5.25. The number of rotatable bonds is 5. The maximum absolute atomic E-state index is 10.8. The van der Waals surface area contributed by atoms with Crippen LogP contribution in [-0.4, -0.2) is 16.4 Å². The van der Waals surface area contributed by atoms with Crippen molar-refractivity contribution in [1.82, 2.24) is 0 Å². The zero-order valence-corrected chi connectivity index (χ0v) is 13.8. The molecule has 0 bridgehead atoms. The number of benzene rings is 1. The van der Waals surface area contributed by atoms with E-state index >= 15 is 0 Å². The van der Waals surface area contributed by atoms with Gasteiger partial charge in [-0.05, 0) is 51.7 Å². The molecule has 0 aliphatic carbocycles. The van der Waals surface area contributed by atoms with Crippen molar-refractivity contribution >= 4 is 22.1 Å². The number of phenolic OH excluding ortho intramolecular Hbond substituents is 1. The summed E-state index contributed by atoms with van der Waals surface area (Å²) in [5.74, 6) is 0.666. The number of aromatic hydroxyl groups is 1. The molecule has 5 heteroatoms. The smallest absolute Gasteiger partial charge is 0.504 e. The minimum atomic E-state index is -1.43. The number of hydrogen-bond donors (Lipinski definition) is 2. The van der Waals surface area contributed by atoms with Gasteiger partial charge < -0.3 is 14.9 Å². The fraction of sp³-hybridized carbons (Fsp3) is 0.533. The standard InChI is InChI=1S/C15H21BrO4/c1-8(2)5-10-7-11(6-9(3)4)13(17)14(12(10)16)20-15(18)19/h7-9,17H,5-6H2,1-4H3,(H,18,19). The summed E-state index contributed by atoms with van der Waals surface area (Å²) in [7, 11) is 0. The van der Waals surface area contributed by atoms with Crippen molar-refractivity contribution in [3.8, 4) is 11.5 Å². The molecule has 0 atom stereocenters. The van der Waals surface area contributed by atoms with Crippen LogP contribution in [0.5, 0.6) is 11.5 Å². The number of halogens is 1. The molecule has 0 heterocycles. The van der Waals surface area contributed by atoms with E-state index in [0.717, 1.165) is 17.5 Å². The molecule has 0 unspecified atom stereocenters. The van der Waals surface area contributed by atoms with E-state index in [0.29, 0.717) is 22.7 Å². The molecule has 0 radical (unpaired) electrons. The first kappa shape index (κ1) is 16.8. The fourth-order valence-electron chi connectivity index (χ4n) is 2.10. The highest BCUT2D eigenvalue weighted by molar-refractivity contribution is 9.10. The molecule has 0 amide bonds. The van der Waals surface area contributed by atoms with E-state index in [2.05, 4.69) is 29.8 Å². The minimum Gasteiger partial charge on any atom is -0.504 e. The lowest BCUT2D eigenvalue weighted by Crippen LogP contribution is -2.08. The van der Waals surface area contributed by atoms with Crippen molar-refractivity contribution in [2.45, 2.75) is 40.5 Å². The van der Waals surface area contributed by atoms with Crippen LogP contribution in [0.25, 0.3) is 0 Å². The zero-order valence-electron chi connectivity index (χ0n) is 12.2. The number of ether oxygens (including phenoxy) is 1. The summed E-state index contributed by atoms with van der Waals surface area (Å²) in [6, 6.07) is 1.92. The van der Waals surface area contributed by atoms with Crippen LogP contribution < -0.4 is 4.74 Å². The summed E-state index contributed by atoms with van der Waals surface area (Å²) >= 11 is 3.34. The molecule has 0 aliphatic heterocycles. The number of phenols is 1. The summed E-state index contributed by atoms with van der Waals surface area (Å²) in [6.07, 6.45) is 0.0143. The van der Waals surface area contributed by atoms with Gasteiger partial charge in [-0.15, -0.1) is 0 Å². The second-order valence-corrected chi connectivity index (χ2v) is 6.54. The van der Waals surface area contributed by atoms with Crippen LogP contribution in [0.4, 0.5) is 4.79 Å². The molecule has 1 aromatic carbocycles. The quantitative estimate of drug-likeness (QED) is 0.604. The lowest BCUT2D eigenvalue weighted by Gasteiger charge is -2.17. The van der Waals surface area contributed by atoms with Crippen LogP contribution in [0.1, 0.15) is 38.8 Å². The SMILES string of the molecule is CC(C)Cc1cc(CC(C)C)c(Br)c(OC(=O)O)c1O. The Morgan fingerprint density at radius 3 is 2.15 bits per heavy atom. The van der Waals surface area contributed by atoms with Gasteiger partial charge in [-0.25, -0.2) is 4.79 Å². The Labute approximate surface area is 127 Å². The van der Waals surface area contributed by atoms with Gasteiger partial charge in [-0.2, -0.15) is 0 Å². The molecule has 1 aromatic rings. The first-order valence-electron chi connectivity index (χ1n) is 6.66. The van der Waals surface area contributed by atoms with Crippen molar-refractivity contribution in [2.75, 3.05) is 0 Å². The van der Waals surface area contributed by atoms with E-state index in [4.69, 9.17) is 9.84 Å². The molecule has 0 saturated carbocycles. The molecule has 0 saturated heterocycles. The third kappa shape index (κ3) is 4.40. The molecule has 0 aromatic heterocycles. The van der Waals surface area contributed by atoms with Gasteiger partial charge in [0.25, 0.3) is 0 Å². The third-order valence-electron chi connectivity index (χ3n) is 2.79. The van der Waals surface area contributed by atoms with Gasteiger partial charge in [0.05, 0.1) is 4.47 Å². The van der Waals surface area contributed by atoms with Crippen molar-refractivity contribution in [3.63, 3.8) is 0 Å². The van der Waals surface area contributed by atoms with Gasteiger partial charge in [0.1, 0.15) is 0 Å². The van der Waals surface area contributed by atoms with Crippen molar-refractivity contribution in [2.24, 2.45) is 11.8 Å². The normalized spacial score (nSPS) is 11.2. The van der Waals surface area contributed by atoms with E-state index in [1.807, 2.05) is 19.9 Å². The summed E-state index contributed by atoms with van der Waals surface area (Å²) in [5.41, 5.74) is 1.67. The van der Waals surface area contributed by atoms with Crippen LogP contribution in [0, 0.1) is 11.8 Å². The van der Waals surface area contributed by atoms with Crippen LogP contribution >= 0.6 is 15.9 Å². The lowest BCUT2D eigenvalue weighted by atomic mass is 9.95. The Balaban J connectivity index is 3.35. The predicted octanol–water partition coefficient (Wildman–Crippen LogP) is 4.61. The summed E-state index contributed by atoms with van der Waals surface area (Å²) in [4.78, 5) is 10.8. The van der Waals surface area contributed by atoms with Crippen LogP contribution in [-0.2, 0) is 12.8 Å². The van der Waals surface area contributed by atoms with Gasteiger partial charge in [0.15, 0.2) is 11.5 Å². The molecule has 0 aliphatic rings. The topological polar surface area (TPSA) is 66.8 Å². The molecule has 2 N–H and O–H groups in total. The molecule has 20 heavy (non-hydrogen) atoms. The largest absolute Gasteiger partial charge is 0.511 e. The Bertz CT molecular complexity index is 461. The molecule has 0 fully saturated rings. The fourth-order valence-corrected chi connectivity index (χ4v) is 2.65. The Morgan fingerprint density at radius 1 is 1.20 bits per heavy atom. The Morgan fingerprint density at radius 2 is 1.70 bits per heavy atom. The highest BCUT2D eigenvalue weighted by Gasteiger charge is 2.20. The zero-order chi connectivity index (χ0) is 15.4. The minimum absolute atomic E-state index is 0.00806. The van der Waals surface area contributed by atoms with Crippen molar-refractivity contribution in [3.05, 3.63) is 21.7 Å². The Hall–Kier alpha value is -1.23. The van der Waals surface area contributed by atoms with Gasteiger partial charge in [0.2, 0.25) is 0 Å². The second kappa shape index (κ2) is 6.97. The average Bonchev–Trinajstić information content (AvgIpc) is 2.29. The number of hydrogen-bond acceptors (Lipinski definition) is 3. The monoisotopic (exact) mass is 344 g/mol. The first-order chi connectivity index (χ1) is 9.22. The summed E-state index contributed by atoms with van der Waals surface area (Å²) in [6.45, 7) is 8.25.